The van der Waals surface area contributed by atoms with Gasteiger partial charge in [-0.15, -0.1) is 0 Å². The number of hydrogen-bond acceptors (Lipinski definition) is 3. The molecule has 0 aliphatic heterocycles. The molecule has 0 radical (unpaired) electrons. The largest absolute Gasteiger partial charge is 0.396 e. The summed E-state index contributed by atoms with van der Waals surface area (Å²) in [5.74, 6) is 0.546. The van der Waals surface area contributed by atoms with Gasteiger partial charge in [-0.3, -0.25) is 9.48 Å². The van der Waals surface area contributed by atoms with Crippen LogP contribution in [-0.4, -0.2) is 37.5 Å². The van der Waals surface area contributed by atoms with Gasteiger partial charge in [-0.25, -0.2) is 0 Å². The first-order valence-electron chi connectivity index (χ1n) is 7.09. The molecule has 1 unspecified atom stereocenters. The van der Waals surface area contributed by atoms with Gasteiger partial charge in [0.2, 0.25) is 0 Å². The predicted molar refractivity (Wildman–Crippen MR) is 80.4 cm³/mol. The molecule has 0 aliphatic carbocycles. The van der Waals surface area contributed by atoms with Crippen LogP contribution in [0.4, 0.5) is 0 Å². The maximum atomic E-state index is 12.6. The summed E-state index contributed by atoms with van der Waals surface area (Å²) < 4.78 is 3.53. The second kappa shape index (κ2) is 6.13. The Hall–Kier alpha value is -2.08. The zero-order valence-corrected chi connectivity index (χ0v) is 12.7. The Morgan fingerprint density at radius 1 is 1.43 bits per heavy atom. The Labute approximate surface area is 124 Å². The SMILES string of the molecule is CCC(C)(CCO)NC(=O)c1cnn(C)c1-n1cccc1. The summed E-state index contributed by atoms with van der Waals surface area (Å²) in [5.41, 5.74) is 0.0987. The molecule has 0 fully saturated rings. The van der Waals surface area contributed by atoms with E-state index in [1.54, 1.807) is 17.9 Å². The monoisotopic (exact) mass is 290 g/mol. The highest BCUT2D eigenvalue weighted by molar-refractivity contribution is 5.97. The lowest BCUT2D eigenvalue weighted by Gasteiger charge is -2.29. The number of amides is 1. The molecule has 2 aromatic heterocycles. The summed E-state index contributed by atoms with van der Waals surface area (Å²) in [5, 5.41) is 16.3. The number of hydrogen-bond donors (Lipinski definition) is 2. The van der Waals surface area contributed by atoms with Crippen LogP contribution in [0.5, 0.6) is 0 Å². The predicted octanol–water partition coefficient (Wildman–Crippen LogP) is 1.49. The van der Waals surface area contributed by atoms with Gasteiger partial charge in [-0.2, -0.15) is 5.10 Å². The molecule has 0 spiro atoms. The summed E-state index contributed by atoms with van der Waals surface area (Å²) in [7, 11) is 1.80. The maximum absolute atomic E-state index is 12.6. The fourth-order valence-electron chi connectivity index (χ4n) is 2.29. The number of aryl methyl sites for hydroxylation is 1. The van der Waals surface area contributed by atoms with E-state index in [2.05, 4.69) is 10.4 Å². The minimum absolute atomic E-state index is 0.0438. The van der Waals surface area contributed by atoms with Crippen LogP contribution in [0.15, 0.2) is 30.7 Å². The molecule has 0 aliphatic rings. The normalized spacial score (nSPS) is 13.9. The van der Waals surface area contributed by atoms with Gasteiger partial charge >= 0.3 is 0 Å². The van der Waals surface area contributed by atoms with Crippen molar-refractivity contribution in [2.45, 2.75) is 32.2 Å². The molecule has 2 heterocycles. The zero-order valence-electron chi connectivity index (χ0n) is 12.7. The van der Waals surface area contributed by atoms with Crippen molar-refractivity contribution >= 4 is 5.91 Å². The van der Waals surface area contributed by atoms with Crippen LogP contribution < -0.4 is 5.32 Å². The molecule has 2 rings (SSSR count). The van der Waals surface area contributed by atoms with Gasteiger partial charge in [0.05, 0.1) is 6.20 Å². The summed E-state index contributed by atoms with van der Waals surface area (Å²) in [4.78, 5) is 12.6. The number of aliphatic hydroxyl groups excluding tert-OH is 1. The molecular formula is C15H22N4O2. The summed E-state index contributed by atoms with van der Waals surface area (Å²) in [6.07, 6.45) is 6.59. The van der Waals surface area contributed by atoms with Crippen LogP contribution in [0.2, 0.25) is 0 Å². The van der Waals surface area contributed by atoms with Crippen molar-refractivity contribution < 1.29 is 9.90 Å². The Kier molecular flexibility index (Phi) is 4.47. The highest BCUT2D eigenvalue weighted by Crippen LogP contribution is 2.18. The third-order valence-corrected chi connectivity index (χ3v) is 3.86. The van der Waals surface area contributed by atoms with Crippen molar-refractivity contribution in [3.63, 3.8) is 0 Å². The second-order valence-electron chi connectivity index (χ2n) is 5.44. The van der Waals surface area contributed by atoms with E-state index in [-0.39, 0.29) is 12.5 Å². The van der Waals surface area contributed by atoms with Crippen LogP contribution >= 0.6 is 0 Å². The highest BCUT2D eigenvalue weighted by atomic mass is 16.3. The lowest BCUT2D eigenvalue weighted by molar-refractivity contribution is 0.0886. The molecule has 1 amide bonds. The van der Waals surface area contributed by atoms with Gasteiger partial charge in [0, 0.05) is 31.6 Å². The molecular weight excluding hydrogens is 268 g/mol. The molecule has 114 valence electrons. The highest BCUT2D eigenvalue weighted by Gasteiger charge is 2.26. The minimum Gasteiger partial charge on any atom is -0.396 e. The average molecular weight is 290 g/mol. The average Bonchev–Trinajstić information content (AvgIpc) is 3.07. The molecule has 6 heteroatoms. The van der Waals surface area contributed by atoms with E-state index >= 15 is 0 Å². The number of rotatable bonds is 6. The Bertz CT molecular complexity index is 603. The number of nitrogens with zero attached hydrogens (tertiary/aromatic N) is 3. The van der Waals surface area contributed by atoms with Crippen LogP contribution in [0.25, 0.3) is 5.82 Å². The van der Waals surface area contributed by atoms with E-state index in [9.17, 15) is 4.79 Å². The summed E-state index contributed by atoms with van der Waals surface area (Å²) in [6.45, 7) is 3.97. The molecule has 21 heavy (non-hydrogen) atoms. The first-order valence-corrected chi connectivity index (χ1v) is 7.09. The topological polar surface area (TPSA) is 72.1 Å². The first kappa shape index (κ1) is 15.3. The van der Waals surface area contributed by atoms with Gasteiger partial charge in [0.25, 0.3) is 5.91 Å². The van der Waals surface area contributed by atoms with Crippen molar-refractivity contribution in [3.8, 4) is 5.82 Å². The Morgan fingerprint density at radius 2 is 2.10 bits per heavy atom. The number of aromatic nitrogens is 3. The zero-order chi connectivity index (χ0) is 15.5. The van der Waals surface area contributed by atoms with Crippen LogP contribution in [0.3, 0.4) is 0 Å². The maximum Gasteiger partial charge on any atom is 0.257 e. The van der Waals surface area contributed by atoms with Gasteiger partial charge in [0.15, 0.2) is 0 Å². The number of aliphatic hydroxyl groups is 1. The van der Waals surface area contributed by atoms with Gasteiger partial charge < -0.3 is 15.0 Å². The third kappa shape index (κ3) is 3.16. The van der Waals surface area contributed by atoms with Crippen molar-refractivity contribution in [1.82, 2.24) is 19.7 Å². The van der Waals surface area contributed by atoms with E-state index in [0.29, 0.717) is 12.0 Å². The van der Waals surface area contributed by atoms with E-state index in [1.165, 1.54) is 0 Å². The number of nitrogens with one attached hydrogen (secondary N) is 1. The molecule has 0 bridgehead atoms. The van der Waals surface area contributed by atoms with Crippen molar-refractivity contribution in [2.75, 3.05) is 6.61 Å². The minimum atomic E-state index is -0.421. The van der Waals surface area contributed by atoms with Gasteiger partial charge in [-0.05, 0) is 31.9 Å². The van der Waals surface area contributed by atoms with E-state index < -0.39 is 5.54 Å². The van der Waals surface area contributed by atoms with Crippen LogP contribution in [0.1, 0.15) is 37.0 Å². The van der Waals surface area contributed by atoms with Crippen LogP contribution in [0, 0.1) is 0 Å². The Balaban J connectivity index is 2.29. The molecule has 6 nitrogen and oxygen atoms in total. The van der Waals surface area contributed by atoms with Crippen LogP contribution in [-0.2, 0) is 7.05 Å². The summed E-state index contributed by atoms with van der Waals surface area (Å²) in [6, 6.07) is 3.80. The van der Waals surface area contributed by atoms with E-state index in [0.717, 1.165) is 12.2 Å². The fourth-order valence-corrected chi connectivity index (χ4v) is 2.29. The van der Waals surface area contributed by atoms with Crippen molar-refractivity contribution in [2.24, 2.45) is 7.05 Å². The molecule has 0 saturated heterocycles. The molecule has 0 aromatic carbocycles. The van der Waals surface area contributed by atoms with Gasteiger partial charge in [0.1, 0.15) is 11.4 Å². The molecule has 1 atom stereocenters. The standard InChI is InChI=1S/C15H22N4O2/c1-4-15(2,7-10-20)17-13(21)12-11-16-18(3)14(12)19-8-5-6-9-19/h5-6,8-9,11,20H,4,7,10H2,1-3H3,(H,17,21). The smallest absolute Gasteiger partial charge is 0.257 e. The van der Waals surface area contributed by atoms with E-state index in [4.69, 9.17) is 5.11 Å². The number of carbonyl (C=O) groups is 1. The van der Waals surface area contributed by atoms with E-state index in [1.807, 2.05) is 42.9 Å². The fraction of sp³-hybridized carbons (Fsp3) is 0.467. The summed E-state index contributed by atoms with van der Waals surface area (Å²) >= 11 is 0. The first-order chi connectivity index (χ1) is 10.0. The van der Waals surface area contributed by atoms with Crippen molar-refractivity contribution in [1.29, 1.82) is 0 Å². The molecule has 0 saturated carbocycles. The lowest BCUT2D eigenvalue weighted by atomic mass is 9.94. The third-order valence-electron chi connectivity index (χ3n) is 3.86. The number of carbonyl (C=O) groups excluding carboxylic acids is 1. The second-order valence-corrected chi connectivity index (χ2v) is 5.44. The van der Waals surface area contributed by atoms with Crippen molar-refractivity contribution in [3.05, 3.63) is 36.3 Å². The quantitative estimate of drug-likeness (QED) is 0.846. The van der Waals surface area contributed by atoms with Gasteiger partial charge in [-0.1, -0.05) is 6.92 Å². The lowest BCUT2D eigenvalue weighted by Crippen LogP contribution is -2.46. The Morgan fingerprint density at radius 3 is 2.67 bits per heavy atom. The molecule has 2 N–H and O–H groups in total. The molecule has 2 aromatic rings.